The Labute approximate surface area is 101 Å². The van der Waals surface area contributed by atoms with Crippen LogP contribution in [0.3, 0.4) is 0 Å². The molecule has 0 saturated carbocycles. The second kappa shape index (κ2) is 4.82. The van der Waals surface area contributed by atoms with E-state index in [1.54, 1.807) is 6.07 Å². The topological polar surface area (TPSA) is 70.8 Å². The normalized spacial score (nSPS) is 13.6. The minimum Gasteiger partial charge on any atom is -0.486 e. The Balaban J connectivity index is 2.57. The van der Waals surface area contributed by atoms with Crippen molar-refractivity contribution in [2.45, 2.75) is 6.61 Å². The molecule has 0 atom stereocenters. The largest absolute Gasteiger partial charge is 0.486 e. The number of fused-ring (bicyclic) bond motifs is 1. The molecule has 0 aromatic heterocycles. The van der Waals surface area contributed by atoms with Crippen molar-refractivity contribution in [3.8, 4) is 11.5 Å². The van der Waals surface area contributed by atoms with Crippen LogP contribution in [-0.2, 0) is 11.4 Å². The molecule has 2 rings (SSSR count). The highest BCUT2D eigenvalue weighted by molar-refractivity contribution is 9.10. The van der Waals surface area contributed by atoms with Crippen molar-refractivity contribution in [3.63, 3.8) is 0 Å². The highest BCUT2D eigenvalue weighted by Crippen LogP contribution is 2.41. The van der Waals surface area contributed by atoms with Crippen molar-refractivity contribution in [2.24, 2.45) is 5.90 Å². The number of aldehydes is 1. The van der Waals surface area contributed by atoms with Gasteiger partial charge in [0.2, 0.25) is 0 Å². The summed E-state index contributed by atoms with van der Waals surface area (Å²) >= 11 is 3.34. The highest BCUT2D eigenvalue weighted by atomic mass is 79.9. The quantitative estimate of drug-likeness (QED) is 0.673. The molecule has 0 aliphatic carbocycles. The third-order valence-corrected chi connectivity index (χ3v) is 2.95. The summed E-state index contributed by atoms with van der Waals surface area (Å²) in [6.07, 6.45) is 0.728. The first-order valence-corrected chi connectivity index (χ1v) is 5.45. The number of carbonyl (C=O) groups is 1. The fraction of sp³-hybridized carbons (Fsp3) is 0.300. The molecule has 1 aliphatic rings. The first-order chi connectivity index (χ1) is 7.77. The Kier molecular flexibility index (Phi) is 3.42. The van der Waals surface area contributed by atoms with Crippen molar-refractivity contribution in [3.05, 3.63) is 21.7 Å². The van der Waals surface area contributed by atoms with Gasteiger partial charge in [0.1, 0.15) is 13.2 Å². The minimum atomic E-state index is 0.186. The van der Waals surface area contributed by atoms with Crippen LogP contribution in [0, 0.1) is 0 Å². The molecule has 1 aromatic carbocycles. The molecule has 1 heterocycles. The molecule has 0 saturated heterocycles. The number of ether oxygens (including phenoxy) is 2. The van der Waals surface area contributed by atoms with E-state index in [1.807, 2.05) is 0 Å². The average Bonchev–Trinajstić information content (AvgIpc) is 2.32. The van der Waals surface area contributed by atoms with E-state index in [9.17, 15) is 4.79 Å². The first kappa shape index (κ1) is 11.4. The maximum atomic E-state index is 10.9. The zero-order valence-electron chi connectivity index (χ0n) is 8.36. The molecule has 0 radical (unpaired) electrons. The number of carbonyl (C=O) groups excluding carboxylic acids is 1. The van der Waals surface area contributed by atoms with Crippen LogP contribution < -0.4 is 15.4 Å². The number of rotatable bonds is 3. The molecule has 5 nitrogen and oxygen atoms in total. The van der Waals surface area contributed by atoms with E-state index in [0.29, 0.717) is 34.7 Å². The number of hydrogen-bond donors (Lipinski definition) is 1. The fourth-order valence-corrected chi connectivity index (χ4v) is 2.10. The predicted molar refractivity (Wildman–Crippen MR) is 59.5 cm³/mol. The second-order valence-electron chi connectivity index (χ2n) is 3.21. The van der Waals surface area contributed by atoms with Gasteiger partial charge in [0, 0.05) is 10.0 Å². The molecule has 2 N–H and O–H groups in total. The van der Waals surface area contributed by atoms with Crippen molar-refractivity contribution >= 4 is 22.2 Å². The summed E-state index contributed by atoms with van der Waals surface area (Å²) in [6.45, 7) is 1.06. The van der Waals surface area contributed by atoms with Crippen LogP contribution >= 0.6 is 15.9 Å². The summed E-state index contributed by atoms with van der Waals surface area (Å²) in [4.78, 5) is 15.5. The third kappa shape index (κ3) is 1.91. The van der Waals surface area contributed by atoms with Gasteiger partial charge in [-0.2, -0.15) is 0 Å². The summed E-state index contributed by atoms with van der Waals surface area (Å²) < 4.78 is 11.6. The zero-order chi connectivity index (χ0) is 11.5. The van der Waals surface area contributed by atoms with Gasteiger partial charge in [0.05, 0.1) is 12.2 Å². The van der Waals surface area contributed by atoms with Crippen LogP contribution in [0.2, 0.25) is 0 Å². The molecule has 0 spiro atoms. The standard InChI is InChI=1S/C10H10BrNO4/c11-8-3-6(4-13)9-10(7(8)5-16-12)15-2-1-14-9/h3-4H,1-2,5,12H2. The van der Waals surface area contributed by atoms with Crippen LogP contribution in [-0.4, -0.2) is 19.5 Å². The molecule has 0 unspecified atom stereocenters. The molecule has 0 bridgehead atoms. The van der Waals surface area contributed by atoms with Crippen molar-refractivity contribution in [1.29, 1.82) is 0 Å². The molecular weight excluding hydrogens is 278 g/mol. The number of benzene rings is 1. The van der Waals surface area contributed by atoms with E-state index < -0.39 is 0 Å². The van der Waals surface area contributed by atoms with Crippen molar-refractivity contribution in [1.82, 2.24) is 0 Å². The zero-order valence-corrected chi connectivity index (χ0v) is 9.95. The van der Waals surface area contributed by atoms with Crippen LogP contribution in [0.1, 0.15) is 15.9 Å². The van der Waals surface area contributed by atoms with Crippen LogP contribution in [0.5, 0.6) is 11.5 Å². The van der Waals surface area contributed by atoms with Gasteiger partial charge in [0.15, 0.2) is 17.8 Å². The minimum absolute atomic E-state index is 0.186. The first-order valence-electron chi connectivity index (χ1n) is 4.65. The monoisotopic (exact) mass is 287 g/mol. The lowest BCUT2D eigenvalue weighted by Crippen LogP contribution is -2.18. The summed E-state index contributed by atoms with van der Waals surface area (Å²) in [5, 5.41) is 0. The Morgan fingerprint density at radius 1 is 1.44 bits per heavy atom. The van der Waals surface area contributed by atoms with E-state index in [1.165, 1.54) is 0 Å². The van der Waals surface area contributed by atoms with E-state index in [4.69, 9.17) is 15.4 Å². The lowest BCUT2D eigenvalue weighted by atomic mass is 10.1. The predicted octanol–water partition coefficient (Wildman–Crippen LogP) is 1.42. The SMILES string of the molecule is NOCc1c(Br)cc(C=O)c2c1OCCO2. The van der Waals surface area contributed by atoms with E-state index >= 15 is 0 Å². The number of nitrogens with two attached hydrogens (primary N) is 1. The maximum Gasteiger partial charge on any atom is 0.172 e. The van der Waals surface area contributed by atoms with E-state index in [-0.39, 0.29) is 6.61 Å². The molecule has 0 fully saturated rings. The van der Waals surface area contributed by atoms with Crippen molar-refractivity contribution in [2.75, 3.05) is 13.2 Å². The highest BCUT2D eigenvalue weighted by Gasteiger charge is 2.22. The lowest BCUT2D eigenvalue weighted by molar-refractivity contribution is 0.109. The Morgan fingerprint density at radius 2 is 2.12 bits per heavy atom. The van der Waals surface area contributed by atoms with Gasteiger partial charge in [-0.25, -0.2) is 5.90 Å². The number of hydrogen-bond acceptors (Lipinski definition) is 5. The molecule has 0 amide bonds. The molecule has 1 aliphatic heterocycles. The molecule has 16 heavy (non-hydrogen) atoms. The molecule has 6 heteroatoms. The van der Waals surface area contributed by atoms with Gasteiger partial charge in [-0.3, -0.25) is 9.63 Å². The summed E-state index contributed by atoms with van der Waals surface area (Å²) in [5.41, 5.74) is 1.19. The Morgan fingerprint density at radius 3 is 2.75 bits per heavy atom. The van der Waals surface area contributed by atoms with E-state index in [2.05, 4.69) is 20.8 Å². The fourth-order valence-electron chi connectivity index (χ4n) is 1.56. The molecule has 86 valence electrons. The van der Waals surface area contributed by atoms with Gasteiger partial charge < -0.3 is 9.47 Å². The lowest BCUT2D eigenvalue weighted by Gasteiger charge is -2.23. The summed E-state index contributed by atoms with van der Waals surface area (Å²) in [5.74, 6) is 6.02. The second-order valence-corrected chi connectivity index (χ2v) is 4.06. The molecule has 1 aromatic rings. The van der Waals surface area contributed by atoms with Crippen molar-refractivity contribution < 1.29 is 19.1 Å². The third-order valence-electron chi connectivity index (χ3n) is 2.24. The Bertz CT molecular complexity index is 422. The van der Waals surface area contributed by atoms with Gasteiger partial charge in [-0.15, -0.1) is 0 Å². The van der Waals surface area contributed by atoms with Gasteiger partial charge in [-0.05, 0) is 6.07 Å². The van der Waals surface area contributed by atoms with Crippen LogP contribution in [0.25, 0.3) is 0 Å². The Hall–Kier alpha value is -1.11. The maximum absolute atomic E-state index is 10.9. The molecular formula is C10H10BrNO4. The number of halogens is 1. The van der Waals surface area contributed by atoms with E-state index in [0.717, 1.165) is 11.8 Å². The van der Waals surface area contributed by atoms with Crippen LogP contribution in [0.15, 0.2) is 10.5 Å². The summed E-state index contributed by atoms with van der Waals surface area (Å²) in [6, 6.07) is 1.66. The van der Waals surface area contributed by atoms with Gasteiger partial charge in [-0.1, -0.05) is 15.9 Å². The van der Waals surface area contributed by atoms with Gasteiger partial charge in [0.25, 0.3) is 0 Å². The smallest absolute Gasteiger partial charge is 0.172 e. The van der Waals surface area contributed by atoms with Crippen LogP contribution in [0.4, 0.5) is 0 Å². The average molecular weight is 288 g/mol. The van der Waals surface area contributed by atoms with Gasteiger partial charge >= 0.3 is 0 Å². The summed E-state index contributed by atoms with van der Waals surface area (Å²) in [7, 11) is 0.